The zero-order valence-corrected chi connectivity index (χ0v) is 6.37. The fraction of sp³-hybridized carbons (Fsp3) is 0. The van der Waals surface area contributed by atoms with Crippen LogP contribution in [-0.4, -0.2) is 34.7 Å². The van der Waals surface area contributed by atoms with Crippen LogP contribution in [0.2, 0.25) is 0 Å². The minimum atomic E-state index is 0.875. The average Bonchev–Trinajstić information content (AvgIpc) is 0.811. The van der Waals surface area contributed by atoms with Crippen LogP contribution in [0.1, 0.15) is 0 Å². The van der Waals surface area contributed by atoms with Gasteiger partial charge >= 0.3 is 46.9 Å². The van der Waals surface area contributed by atoms with E-state index in [1.165, 1.54) is 0 Å². The van der Waals surface area contributed by atoms with Crippen LogP contribution in [0.4, 0.5) is 0 Å². The Labute approximate surface area is 47.0 Å². The van der Waals surface area contributed by atoms with E-state index in [9.17, 15) is 0 Å². The van der Waals surface area contributed by atoms with Crippen LogP contribution in [0, 0.1) is 0 Å². The van der Waals surface area contributed by atoms with E-state index in [4.69, 9.17) is 0 Å². The van der Waals surface area contributed by atoms with Crippen LogP contribution in [0.15, 0.2) is 0 Å². The van der Waals surface area contributed by atoms with Gasteiger partial charge in [0.15, 0.2) is 0 Å². The maximum absolute atomic E-state index is 4.48. The first-order valence-corrected chi connectivity index (χ1v) is 2.94. The fourth-order valence-corrected chi connectivity index (χ4v) is 0. The molecule has 0 fully saturated rings. The Bertz CT molecular complexity index is 29.0. The van der Waals surface area contributed by atoms with Crippen molar-refractivity contribution in [3.05, 3.63) is 0 Å². The van der Waals surface area contributed by atoms with Crippen LogP contribution >= 0.6 is 12.2 Å². The Morgan fingerprint density at radius 2 is 1.50 bits per heavy atom. The third-order valence-electron chi connectivity index (χ3n) is 0. The minimum absolute atomic E-state index is 0.875. The monoisotopic (exact) mass is 206 g/mol. The van der Waals surface area contributed by atoms with Gasteiger partial charge in [0.2, 0.25) is 0 Å². The summed E-state index contributed by atoms with van der Waals surface area (Å²) >= 11 is 8.96. The van der Waals surface area contributed by atoms with Gasteiger partial charge in [-0.3, -0.25) is 0 Å². The predicted octanol–water partition coefficient (Wildman–Crippen LogP) is -0.927. The van der Waals surface area contributed by atoms with Gasteiger partial charge in [-0.1, -0.05) is 0 Å². The van der Waals surface area contributed by atoms with E-state index < -0.39 is 0 Å². The summed E-state index contributed by atoms with van der Waals surface area (Å²) in [4.78, 5) is 0. The molecule has 0 aromatic heterocycles. The molecule has 0 heterocycles. The SMILES string of the molecule is S=C([SeH])[SeH]. The van der Waals surface area contributed by atoms with Crippen molar-refractivity contribution < 1.29 is 0 Å². The molecule has 0 bridgehead atoms. The first-order chi connectivity index (χ1) is 1.73. The van der Waals surface area contributed by atoms with E-state index >= 15 is 0 Å². The van der Waals surface area contributed by atoms with E-state index in [0.29, 0.717) is 0 Å². The van der Waals surface area contributed by atoms with Crippen LogP contribution < -0.4 is 0 Å². The number of hydrogen-bond acceptors (Lipinski definition) is 1. The molecule has 0 spiro atoms. The Balaban J connectivity index is 2.80. The summed E-state index contributed by atoms with van der Waals surface area (Å²) in [6.07, 6.45) is 0. The van der Waals surface area contributed by atoms with Gasteiger partial charge in [0, 0.05) is 0 Å². The summed E-state index contributed by atoms with van der Waals surface area (Å²) in [7, 11) is 0. The molecular weight excluding hydrogens is 202 g/mol. The van der Waals surface area contributed by atoms with Gasteiger partial charge in [-0.15, -0.1) is 0 Å². The van der Waals surface area contributed by atoms with Gasteiger partial charge in [-0.05, 0) is 0 Å². The third-order valence-corrected chi connectivity index (χ3v) is 0. The van der Waals surface area contributed by atoms with E-state index in [1.54, 1.807) is 0 Å². The average molecular weight is 204 g/mol. The topological polar surface area (TPSA) is 0 Å². The van der Waals surface area contributed by atoms with Gasteiger partial charge in [-0.2, -0.15) is 0 Å². The molecule has 0 nitrogen and oxygen atoms in total. The molecule has 0 aliphatic heterocycles. The summed E-state index contributed by atoms with van der Waals surface area (Å²) in [6.45, 7) is 0. The van der Waals surface area contributed by atoms with E-state index in [1.807, 2.05) is 0 Å². The molecular formula is CH2SSe2. The Kier molecular flexibility index (Phi) is 3.04. The Hall–Kier alpha value is 1.13. The molecule has 24 valence electrons. The standard InChI is InChI=1S/CH2SSe2/c2-1(3)4/h(H2,2,3,4). The molecule has 0 aliphatic carbocycles. The molecule has 0 saturated heterocycles. The second-order valence-electron chi connectivity index (χ2n) is 0.283. The molecule has 0 aromatic rings. The molecule has 0 amide bonds. The van der Waals surface area contributed by atoms with Crippen LogP contribution in [0.3, 0.4) is 0 Å². The molecule has 0 radical (unpaired) electrons. The summed E-state index contributed by atoms with van der Waals surface area (Å²) in [6, 6.07) is 0. The molecule has 0 aromatic carbocycles. The molecule has 0 unspecified atom stereocenters. The fourth-order valence-electron chi connectivity index (χ4n) is 0. The zero-order chi connectivity index (χ0) is 3.58. The van der Waals surface area contributed by atoms with E-state index in [-0.39, 0.29) is 0 Å². The van der Waals surface area contributed by atoms with Crippen molar-refractivity contribution in [2.75, 3.05) is 0 Å². The molecule has 0 saturated carbocycles. The van der Waals surface area contributed by atoms with E-state index in [0.717, 1.165) is 2.66 Å². The molecule has 0 aliphatic rings. The van der Waals surface area contributed by atoms with Gasteiger partial charge in [0.05, 0.1) is 0 Å². The molecule has 0 rings (SSSR count). The maximum atomic E-state index is 4.48. The van der Waals surface area contributed by atoms with Crippen molar-refractivity contribution in [3.63, 3.8) is 0 Å². The van der Waals surface area contributed by atoms with Crippen molar-refractivity contribution in [3.8, 4) is 0 Å². The normalized spacial score (nSPS) is 6.50. The summed E-state index contributed by atoms with van der Waals surface area (Å²) in [5.41, 5.74) is 0. The van der Waals surface area contributed by atoms with Gasteiger partial charge in [0.1, 0.15) is 0 Å². The summed E-state index contributed by atoms with van der Waals surface area (Å²) in [5.74, 6) is 0. The molecule has 3 heteroatoms. The van der Waals surface area contributed by atoms with Crippen molar-refractivity contribution in [1.82, 2.24) is 0 Å². The zero-order valence-electron chi connectivity index (χ0n) is 1.80. The number of thiocarbonyl (C=S) groups is 1. The van der Waals surface area contributed by atoms with E-state index in [2.05, 4.69) is 44.2 Å². The summed E-state index contributed by atoms with van der Waals surface area (Å²) in [5, 5.41) is 0. The Morgan fingerprint density at radius 3 is 1.50 bits per heavy atom. The van der Waals surface area contributed by atoms with Gasteiger partial charge < -0.3 is 0 Å². The third kappa shape index (κ3) is 11.1. The molecule has 0 atom stereocenters. The van der Waals surface area contributed by atoms with Crippen LogP contribution in [0.25, 0.3) is 0 Å². The van der Waals surface area contributed by atoms with Crippen LogP contribution in [0.5, 0.6) is 0 Å². The second-order valence-corrected chi connectivity index (χ2v) is 5.55. The van der Waals surface area contributed by atoms with Crippen molar-refractivity contribution in [2.45, 2.75) is 0 Å². The number of hydrogen-bond donors (Lipinski definition) is 0. The molecule has 0 N–H and O–H groups in total. The van der Waals surface area contributed by atoms with Crippen molar-refractivity contribution in [2.24, 2.45) is 0 Å². The van der Waals surface area contributed by atoms with Gasteiger partial charge in [-0.25, -0.2) is 0 Å². The number of rotatable bonds is 0. The predicted molar refractivity (Wildman–Crippen MR) is 26.9 cm³/mol. The first-order valence-electron chi connectivity index (χ1n) is 0.651. The Morgan fingerprint density at radius 1 is 1.50 bits per heavy atom. The second kappa shape index (κ2) is 2.37. The molecule has 4 heavy (non-hydrogen) atoms. The van der Waals surface area contributed by atoms with Crippen LogP contribution in [-0.2, 0) is 0 Å². The quantitative estimate of drug-likeness (QED) is 0.363. The first kappa shape index (κ1) is 5.13. The van der Waals surface area contributed by atoms with Crippen molar-refractivity contribution >= 4 is 46.9 Å². The van der Waals surface area contributed by atoms with Gasteiger partial charge in [0.25, 0.3) is 0 Å². The summed E-state index contributed by atoms with van der Waals surface area (Å²) < 4.78 is 0.875. The van der Waals surface area contributed by atoms with Crippen molar-refractivity contribution in [1.29, 1.82) is 0 Å².